The zero-order valence-corrected chi connectivity index (χ0v) is 15.6. The number of benzene rings is 1. The maximum Gasteiger partial charge on any atom is 0.223 e. The minimum atomic E-state index is -0.119. The van der Waals surface area contributed by atoms with Crippen LogP contribution in [0.15, 0.2) is 35.7 Å². The molecule has 1 saturated heterocycles. The molecule has 138 valence electrons. The van der Waals surface area contributed by atoms with Crippen LogP contribution in [0.25, 0.3) is 0 Å². The van der Waals surface area contributed by atoms with Gasteiger partial charge in [0, 0.05) is 29.8 Å². The molecule has 1 aliphatic heterocycles. The summed E-state index contributed by atoms with van der Waals surface area (Å²) >= 11 is 1.67. The number of phenols is 1. The third-order valence-electron chi connectivity index (χ3n) is 4.59. The number of Topliss-reactive ketones (excluding diaryl/α,β-unsaturated/α-hetero) is 1. The summed E-state index contributed by atoms with van der Waals surface area (Å²) in [5.74, 6) is 0.210. The predicted molar refractivity (Wildman–Crippen MR) is 101 cm³/mol. The number of rotatable bonds is 7. The van der Waals surface area contributed by atoms with E-state index in [9.17, 15) is 14.7 Å². The lowest BCUT2D eigenvalue weighted by Gasteiger charge is -2.23. The lowest BCUT2D eigenvalue weighted by atomic mass is 10.1. The van der Waals surface area contributed by atoms with Crippen LogP contribution < -0.4 is 4.74 Å². The van der Waals surface area contributed by atoms with Crippen LogP contribution in [0.5, 0.6) is 11.5 Å². The average molecular weight is 373 g/mol. The second-order valence-corrected chi connectivity index (χ2v) is 7.28. The standard InChI is InChI=1S/C20H23NO4S/c1-2-25-18-13-14(7-8-17(18)23)16(22)9-10-20(24)21-11-3-5-15(21)19-6-4-12-26-19/h4,6-8,12-13,15,23H,2-3,5,9-11H2,1H3/t15-/m1/s1. The number of thiophene rings is 1. The van der Waals surface area contributed by atoms with E-state index in [0.29, 0.717) is 17.9 Å². The van der Waals surface area contributed by atoms with Crippen LogP contribution in [-0.2, 0) is 4.79 Å². The highest BCUT2D eigenvalue weighted by Crippen LogP contribution is 2.35. The summed E-state index contributed by atoms with van der Waals surface area (Å²) in [4.78, 5) is 28.2. The minimum Gasteiger partial charge on any atom is -0.504 e. The molecule has 3 rings (SSSR count). The average Bonchev–Trinajstić information content (AvgIpc) is 3.32. The normalized spacial score (nSPS) is 16.7. The number of phenolic OH excluding ortho intramolecular Hbond substituents is 1. The number of ether oxygens (including phenoxy) is 1. The van der Waals surface area contributed by atoms with Crippen LogP contribution in [0.4, 0.5) is 0 Å². The van der Waals surface area contributed by atoms with Crippen molar-refractivity contribution in [3.63, 3.8) is 0 Å². The molecule has 0 bridgehead atoms. The van der Waals surface area contributed by atoms with Gasteiger partial charge in [-0.15, -0.1) is 11.3 Å². The molecular weight excluding hydrogens is 350 g/mol. The quantitative estimate of drug-likeness (QED) is 0.740. The zero-order valence-electron chi connectivity index (χ0n) is 14.8. The van der Waals surface area contributed by atoms with Crippen LogP contribution in [0.3, 0.4) is 0 Å². The van der Waals surface area contributed by atoms with E-state index in [1.54, 1.807) is 17.4 Å². The number of ketones is 1. The molecule has 0 spiro atoms. The van der Waals surface area contributed by atoms with E-state index in [1.165, 1.54) is 17.0 Å². The summed E-state index contributed by atoms with van der Waals surface area (Å²) in [6.07, 6.45) is 2.34. The molecule has 1 fully saturated rings. The summed E-state index contributed by atoms with van der Waals surface area (Å²) in [6.45, 7) is 2.97. The van der Waals surface area contributed by atoms with Gasteiger partial charge >= 0.3 is 0 Å². The maximum atomic E-state index is 12.6. The first-order chi connectivity index (χ1) is 12.6. The van der Waals surface area contributed by atoms with E-state index in [4.69, 9.17) is 4.74 Å². The van der Waals surface area contributed by atoms with Crippen molar-refractivity contribution < 1.29 is 19.4 Å². The van der Waals surface area contributed by atoms with Gasteiger partial charge in [-0.25, -0.2) is 0 Å². The van der Waals surface area contributed by atoms with Gasteiger partial charge in [-0.05, 0) is 49.4 Å². The van der Waals surface area contributed by atoms with E-state index >= 15 is 0 Å². The van der Waals surface area contributed by atoms with Crippen LogP contribution >= 0.6 is 11.3 Å². The molecule has 6 heteroatoms. The number of nitrogens with zero attached hydrogens (tertiary/aromatic N) is 1. The van der Waals surface area contributed by atoms with E-state index in [1.807, 2.05) is 23.3 Å². The van der Waals surface area contributed by atoms with E-state index in [2.05, 4.69) is 6.07 Å². The first-order valence-corrected chi connectivity index (χ1v) is 9.80. The SMILES string of the molecule is CCOc1cc(C(=O)CCC(=O)N2CCC[C@@H]2c2cccs2)ccc1O. The first kappa shape index (κ1) is 18.5. The Hall–Kier alpha value is -2.34. The Morgan fingerprint density at radius 3 is 2.88 bits per heavy atom. The summed E-state index contributed by atoms with van der Waals surface area (Å²) in [6, 6.07) is 8.78. The molecule has 1 N–H and O–H groups in total. The number of carbonyl (C=O) groups is 2. The van der Waals surface area contributed by atoms with Gasteiger partial charge in [-0.1, -0.05) is 6.07 Å². The number of likely N-dealkylation sites (tertiary alicyclic amines) is 1. The molecule has 1 aliphatic rings. The molecule has 2 aromatic rings. The highest BCUT2D eigenvalue weighted by Gasteiger charge is 2.30. The Kier molecular flexibility index (Phi) is 5.93. The van der Waals surface area contributed by atoms with Crippen LogP contribution in [-0.4, -0.2) is 34.8 Å². The Balaban J connectivity index is 1.60. The molecule has 0 saturated carbocycles. The van der Waals surface area contributed by atoms with Crippen LogP contribution in [0.2, 0.25) is 0 Å². The molecule has 0 radical (unpaired) electrons. The molecule has 1 aromatic heterocycles. The largest absolute Gasteiger partial charge is 0.504 e. The second-order valence-electron chi connectivity index (χ2n) is 6.30. The second kappa shape index (κ2) is 8.36. The lowest BCUT2D eigenvalue weighted by Crippen LogP contribution is -2.30. The molecule has 1 atom stereocenters. The van der Waals surface area contributed by atoms with Crippen molar-refractivity contribution in [2.24, 2.45) is 0 Å². The lowest BCUT2D eigenvalue weighted by molar-refractivity contribution is -0.132. The molecule has 2 heterocycles. The smallest absolute Gasteiger partial charge is 0.223 e. The Bertz CT molecular complexity index is 772. The van der Waals surface area contributed by atoms with Gasteiger partial charge in [-0.3, -0.25) is 9.59 Å². The molecule has 1 amide bonds. The Morgan fingerprint density at radius 1 is 1.31 bits per heavy atom. The third-order valence-corrected chi connectivity index (χ3v) is 5.57. The van der Waals surface area contributed by atoms with Gasteiger partial charge in [0.1, 0.15) is 0 Å². The van der Waals surface area contributed by atoms with Crippen molar-refractivity contribution in [3.8, 4) is 11.5 Å². The molecule has 0 unspecified atom stereocenters. The summed E-state index contributed by atoms with van der Waals surface area (Å²) in [5.41, 5.74) is 0.454. The van der Waals surface area contributed by atoms with Crippen molar-refractivity contribution in [1.29, 1.82) is 0 Å². The molecule has 26 heavy (non-hydrogen) atoms. The number of amides is 1. The molecule has 5 nitrogen and oxygen atoms in total. The van der Waals surface area contributed by atoms with Gasteiger partial charge in [0.05, 0.1) is 12.6 Å². The van der Waals surface area contributed by atoms with E-state index in [-0.39, 0.29) is 36.3 Å². The topological polar surface area (TPSA) is 66.8 Å². The predicted octanol–water partition coefficient (Wildman–Crippen LogP) is 4.18. The summed E-state index contributed by atoms with van der Waals surface area (Å²) < 4.78 is 5.31. The van der Waals surface area contributed by atoms with Gasteiger partial charge in [0.2, 0.25) is 5.91 Å². The Labute approximate surface area is 157 Å². The van der Waals surface area contributed by atoms with E-state index in [0.717, 1.165) is 19.4 Å². The number of carbonyl (C=O) groups excluding carboxylic acids is 2. The number of hydrogen-bond donors (Lipinski definition) is 1. The van der Waals surface area contributed by atoms with Crippen molar-refractivity contribution in [1.82, 2.24) is 4.90 Å². The maximum absolute atomic E-state index is 12.6. The highest BCUT2D eigenvalue weighted by molar-refractivity contribution is 7.10. The van der Waals surface area contributed by atoms with Crippen molar-refractivity contribution in [3.05, 3.63) is 46.2 Å². The highest BCUT2D eigenvalue weighted by atomic mass is 32.1. The van der Waals surface area contributed by atoms with Gasteiger partial charge in [0.25, 0.3) is 0 Å². The fourth-order valence-corrected chi connectivity index (χ4v) is 4.18. The number of hydrogen-bond acceptors (Lipinski definition) is 5. The van der Waals surface area contributed by atoms with Crippen molar-refractivity contribution in [2.45, 2.75) is 38.6 Å². The fourth-order valence-electron chi connectivity index (χ4n) is 3.31. The molecule has 1 aromatic carbocycles. The monoisotopic (exact) mass is 373 g/mol. The van der Waals surface area contributed by atoms with Gasteiger partial charge in [0.15, 0.2) is 17.3 Å². The summed E-state index contributed by atoms with van der Waals surface area (Å²) in [7, 11) is 0. The van der Waals surface area contributed by atoms with Crippen LogP contribution in [0, 0.1) is 0 Å². The van der Waals surface area contributed by atoms with Crippen LogP contribution in [0.1, 0.15) is 53.9 Å². The molecule has 0 aliphatic carbocycles. The fraction of sp³-hybridized carbons (Fsp3) is 0.400. The van der Waals surface area contributed by atoms with Crippen molar-refractivity contribution in [2.75, 3.05) is 13.2 Å². The van der Waals surface area contributed by atoms with Gasteiger partial charge < -0.3 is 14.7 Å². The van der Waals surface area contributed by atoms with E-state index < -0.39 is 0 Å². The first-order valence-electron chi connectivity index (χ1n) is 8.92. The number of aromatic hydroxyl groups is 1. The minimum absolute atomic E-state index is 0.00957. The summed E-state index contributed by atoms with van der Waals surface area (Å²) in [5, 5.41) is 11.8. The third kappa shape index (κ3) is 4.07. The van der Waals surface area contributed by atoms with Crippen molar-refractivity contribution >= 4 is 23.0 Å². The zero-order chi connectivity index (χ0) is 18.5. The molecular formula is C20H23NO4S. The van der Waals surface area contributed by atoms with Gasteiger partial charge in [-0.2, -0.15) is 0 Å². The Morgan fingerprint density at radius 2 is 2.15 bits per heavy atom.